The lowest BCUT2D eigenvalue weighted by atomic mass is 9.99. The molecule has 3 aliphatic rings. The Morgan fingerprint density at radius 1 is 1.33 bits per heavy atom. The minimum absolute atomic E-state index is 0.0251. The van der Waals surface area contributed by atoms with Gasteiger partial charge < -0.3 is 14.9 Å². The van der Waals surface area contributed by atoms with Crippen LogP contribution < -0.4 is 0 Å². The third kappa shape index (κ3) is 2.66. The number of phenols is 1. The molecule has 2 fully saturated rings. The third-order valence-corrected chi connectivity index (χ3v) is 5.89. The molecule has 1 heterocycles. The summed E-state index contributed by atoms with van der Waals surface area (Å²) in [5.41, 5.74) is 2.27. The molecule has 0 aromatic heterocycles. The van der Waals surface area contributed by atoms with Crippen molar-refractivity contribution >= 4 is 11.8 Å². The molecule has 24 heavy (non-hydrogen) atoms. The number of benzene rings is 1. The molecule has 5 nitrogen and oxygen atoms in total. The van der Waals surface area contributed by atoms with Crippen LogP contribution in [0.5, 0.6) is 5.75 Å². The second kappa shape index (κ2) is 5.50. The second-order valence-electron chi connectivity index (χ2n) is 7.61. The van der Waals surface area contributed by atoms with E-state index in [0.717, 1.165) is 31.4 Å². The fourth-order valence-electron chi connectivity index (χ4n) is 3.91. The SMILES string of the molecule is CN(CCCC(=O)N1CCc2ccc(O)cc2C1)C(=O)C12CC1C2. The summed E-state index contributed by atoms with van der Waals surface area (Å²) in [6, 6.07) is 5.39. The zero-order chi connectivity index (χ0) is 16.9. The summed E-state index contributed by atoms with van der Waals surface area (Å²) in [6.45, 7) is 1.96. The summed E-state index contributed by atoms with van der Waals surface area (Å²) >= 11 is 0. The van der Waals surface area contributed by atoms with Gasteiger partial charge in [0.25, 0.3) is 0 Å². The van der Waals surface area contributed by atoms with Gasteiger partial charge in [-0.3, -0.25) is 9.59 Å². The molecule has 0 spiro atoms. The van der Waals surface area contributed by atoms with E-state index in [0.29, 0.717) is 31.8 Å². The van der Waals surface area contributed by atoms with Gasteiger partial charge in [0.1, 0.15) is 5.75 Å². The molecular formula is C19H24N2O3. The summed E-state index contributed by atoms with van der Waals surface area (Å²) in [6.07, 6.45) is 4.18. The zero-order valence-corrected chi connectivity index (χ0v) is 14.1. The Bertz CT molecular complexity index is 694. The highest BCUT2D eigenvalue weighted by Gasteiger charge is 2.75. The summed E-state index contributed by atoms with van der Waals surface area (Å²) < 4.78 is 0. The van der Waals surface area contributed by atoms with Crippen molar-refractivity contribution in [3.8, 4) is 5.75 Å². The third-order valence-electron chi connectivity index (χ3n) is 5.89. The van der Waals surface area contributed by atoms with Crippen LogP contribution in [0.3, 0.4) is 0 Å². The van der Waals surface area contributed by atoms with E-state index in [1.807, 2.05) is 22.9 Å². The molecule has 1 aromatic carbocycles. The van der Waals surface area contributed by atoms with Gasteiger partial charge in [-0.15, -0.1) is 0 Å². The van der Waals surface area contributed by atoms with Gasteiger partial charge in [0.15, 0.2) is 0 Å². The molecule has 0 bridgehead atoms. The highest BCUT2D eigenvalue weighted by atomic mass is 16.3. The molecule has 0 atom stereocenters. The summed E-state index contributed by atoms with van der Waals surface area (Å²) in [4.78, 5) is 28.3. The molecule has 2 saturated carbocycles. The Morgan fingerprint density at radius 3 is 2.79 bits per heavy atom. The van der Waals surface area contributed by atoms with Crippen molar-refractivity contribution in [2.45, 2.75) is 38.6 Å². The van der Waals surface area contributed by atoms with E-state index in [2.05, 4.69) is 0 Å². The second-order valence-corrected chi connectivity index (χ2v) is 7.61. The number of nitrogens with zero attached hydrogens (tertiary/aromatic N) is 2. The first-order valence-corrected chi connectivity index (χ1v) is 8.84. The summed E-state index contributed by atoms with van der Waals surface area (Å²) in [5, 5.41) is 9.60. The number of hydrogen-bond acceptors (Lipinski definition) is 3. The molecule has 1 N–H and O–H groups in total. The van der Waals surface area contributed by atoms with Crippen molar-refractivity contribution in [1.29, 1.82) is 0 Å². The quantitative estimate of drug-likeness (QED) is 0.898. The predicted molar refractivity (Wildman–Crippen MR) is 89.3 cm³/mol. The van der Waals surface area contributed by atoms with Gasteiger partial charge >= 0.3 is 0 Å². The number of fused-ring (bicyclic) bond motifs is 2. The molecule has 128 valence electrons. The monoisotopic (exact) mass is 328 g/mol. The van der Waals surface area contributed by atoms with Crippen LogP contribution in [0, 0.1) is 11.3 Å². The van der Waals surface area contributed by atoms with E-state index in [1.54, 1.807) is 12.1 Å². The van der Waals surface area contributed by atoms with E-state index in [9.17, 15) is 14.7 Å². The van der Waals surface area contributed by atoms with Gasteiger partial charge in [-0.05, 0) is 54.9 Å². The largest absolute Gasteiger partial charge is 0.508 e. The van der Waals surface area contributed by atoms with Crippen LogP contribution in [0.2, 0.25) is 0 Å². The first-order chi connectivity index (χ1) is 11.5. The number of carbonyl (C=O) groups is 2. The van der Waals surface area contributed by atoms with Gasteiger partial charge in [-0.1, -0.05) is 6.07 Å². The van der Waals surface area contributed by atoms with Crippen LogP contribution in [0.15, 0.2) is 18.2 Å². The molecule has 2 amide bonds. The van der Waals surface area contributed by atoms with E-state index in [1.165, 1.54) is 5.56 Å². The number of hydrogen-bond donors (Lipinski definition) is 1. The Kier molecular flexibility index (Phi) is 3.55. The lowest BCUT2D eigenvalue weighted by molar-refractivity contribution is -0.135. The molecule has 5 heteroatoms. The van der Waals surface area contributed by atoms with Crippen molar-refractivity contribution in [1.82, 2.24) is 9.80 Å². The van der Waals surface area contributed by atoms with Gasteiger partial charge in [0.2, 0.25) is 11.8 Å². The van der Waals surface area contributed by atoms with Crippen molar-refractivity contribution in [3.05, 3.63) is 29.3 Å². The van der Waals surface area contributed by atoms with Gasteiger partial charge in [0, 0.05) is 33.1 Å². The summed E-state index contributed by atoms with van der Waals surface area (Å²) in [5.74, 6) is 1.33. The van der Waals surface area contributed by atoms with Crippen molar-refractivity contribution in [3.63, 3.8) is 0 Å². The van der Waals surface area contributed by atoms with Crippen LogP contribution in [0.4, 0.5) is 0 Å². The van der Waals surface area contributed by atoms with Crippen LogP contribution >= 0.6 is 0 Å². The van der Waals surface area contributed by atoms with Gasteiger partial charge in [-0.2, -0.15) is 0 Å². The minimum atomic E-state index is 0.0251. The fourth-order valence-corrected chi connectivity index (χ4v) is 3.91. The first-order valence-electron chi connectivity index (χ1n) is 8.84. The highest BCUT2D eigenvalue weighted by Crippen LogP contribution is 2.75. The molecule has 0 saturated heterocycles. The van der Waals surface area contributed by atoms with E-state index in [-0.39, 0.29) is 23.0 Å². The van der Waals surface area contributed by atoms with Gasteiger partial charge in [-0.25, -0.2) is 0 Å². The number of phenolic OH excluding ortho intramolecular Hbond substituents is 1. The lowest BCUT2D eigenvalue weighted by Gasteiger charge is -2.29. The Hall–Kier alpha value is -2.04. The van der Waals surface area contributed by atoms with Crippen LogP contribution in [0.25, 0.3) is 0 Å². The van der Waals surface area contributed by atoms with Gasteiger partial charge in [0.05, 0.1) is 5.41 Å². The molecule has 2 aliphatic carbocycles. The average Bonchev–Trinajstić information content (AvgIpc) is 3.43. The number of amides is 2. The Balaban J connectivity index is 1.25. The van der Waals surface area contributed by atoms with E-state index in [4.69, 9.17) is 0 Å². The number of carbonyl (C=O) groups excluding carboxylic acids is 2. The smallest absolute Gasteiger partial charge is 0.228 e. The fraction of sp³-hybridized carbons (Fsp3) is 0.579. The molecule has 1 aliphatic heterocycles. The predicted octanol–water partition coefficient (Wildman–Crippen LogP) is 1.93. The minimum Gasteiger partial charge on any atom is -0.508 e. The maximum Gasteiger partial charge on any atom is 0.228 e. The molecule has 4 rings (SSSR count). The van der Waals surface area contributed by atoms with E-state index < -0.39 is 0 Å². The van der Waals surface area contributed by atoms with Crippen LogP contribution in [0.1, 0.15) is 36.8 Å². The van der Waals surface area contributed by atoms with Crippen LogP contribution in [-0.4, -0.2) is 46.9 Å². The van der Waals surface area contributed by atoms with Crippen molar-refractivity contribution in [2.75, 3.05) is 20.1 Å². The molecule has 0 radical (unpaired) electrons. The topological polar surface area (TPSA) is 60.9 Å². The average molecular weight is 328 g/mol. The van der Waals surface area contributed by atoms with Crippen molar-refractivity contribution in [2.24, 2.45) is 11.3 Å². The normalized spacial score (nSPS) is 26.4. The standard InChI is InChI=1S/C19H24N2O3/c1-20(18(24)19-10-15(19)11-19)7-2-3-17(23)21-8-6-13-4-5-16(22)9-14(13)12-21/h4-5,9,15,22H,2-3,6-8,10-12H2,1H3. The summed E-state index contributed by atoms with van der Waals surface area (Å²) in [7, 11) is 1.86. The lowest BCUT2D eigenvalue weighted by Crippen LogP contribution is -2.37. The first kappa shape index (κ1) is 15.5. The Morgan fingerprint density at radius 2 is 2.08 bits per heavy atom. The molecule has 0 unspecified atom stereocenters. The molecule has 1 aromatic rings. The Labute approximate surface area is 142 Å². The van der Waals surface area contributed by atoms with Crippen LogP contribution in [-0.2, 0) is 22.6 Å². The highest BCUT2D eigenvalue weighted by molar-refractivity contribution is 5.89. The number of aromatic hydroxyl groups is 1. The van der Waals surface area contributed by atoms with Crippen molar-refractivity contribution < 1.29 is 14.7 Å². The zero-order valence-electron chi connectivity index (χ0n) is 14.1. The molecular weight excluding hydrogens is 304 g/mol. The van der Waals surface area contributed by atoms with E-state index >= 15 is 0 Å². The maximum absolute atomic E-state index is 12.4. The maximum atomic E-state index is 12.4. The number of rotatable bonds is 5.